The fourth-order valence-electron chi connectivity index (χ4n) is 2.03. The SMILES string of the molecule is C[Si](C)(C)CCOCn1cc(C(F)(F)F)c2c(Cl)ccnc21. The average Bonchev–Trinajstić information content (AvgIpc) is 2.74. The molecule has 2 aromatic rings. The van der Waals surface area contributed by atoms with Gasteiger partial charge in [0.15, 0.2) is 0 Å². The van der Waals surface area contributed by atoms with E-state index < -0.39 is 19.8 Å². The maximum absolute atomic E-state index is 13.1. The average molecular weight is 351 g/mol. The number of aromatic nitrogens is 2. The molecule has 8 heteroatoms. The lowest BCUT2D eigenvalue weighted by molar-refractivity contribution is -0.136. The highest BCUT2D eigenvalue weighted by atomic mass is 35.5. The second-order valence-corrected chi connectivity index (χ2v) is 12.4. The number of halogens is 4. The number of hydrogen-bond acceptors (Lipinski definition) is 2. The molecule has 0 fully saturated rings. The first-order valence-corrected chi connectivity index (χ1v) is 11.0. The zero-order chi connectivity index (χ0) is 16.5. The molecule has 0 aliphatic carbocycles. The lowest BCUT2D eigenvalue weighted by Gasteiger charge is -2.15. The van der Waals surface area contributed by atoms with Gasteiger partial charge in [0, 0.05) is 32.5 Å². The van der Waals surface area contributed by atoms with Crippen molar-refractivity contribution in [3.05, 3.63) is 29.0 Å². The first-order chi connectivity index (χ1) is 10.1. The van der Waals surface area contributed by atoms with Crippen molar-refractivity contribution in [2.24, 2.45) is 0 Å². The Bertz CT molecular complexity index is 664. The molecule has 0 spiro atoms. The van der Waals surface area contributed by atoms with Gasteiger partial charge in [0.1, 0.15) is 12.4 Å². The highest BCUT2D eigenvalue weighted by molar-refractivity contribution is 6.76. The predicted octanol–water partition coefficient (Wildman–Crippen LogP) is 5.02. The monoisotopic (exact) mass is 350 g/mol. The van der Waals surface area contributed by atoms with E-state index in [1.165, 1.54) is 16.8 Å². The minimum Gasteiger partial charge on any atom is -0.361 e. The van der Waals surface area contributed by atoms with Crippen molar-refractivity contribution in [3.8, 4) is 0 Å². The summed E-state index contributed by atoms with van der Waals surface area (Å²) in [6.07, 6.45) is -2.07. The van der Waals surface area contributed by atoms with Crippen LogP contribution in [0.1, 0.15) is 5.56 Å². The van der Waals surface area contributed by atoms with Gasteiger partial charge in [0.25, 0.3) is 0 Å². The molecule has 0 aliphatic rings. The van der Waals surface area contributed by atoms with Crippen LogP contribution in [-0.2, 0) is 17.6 Å². The summed E-state index contributed by atoms with van der Waals surface area (Å²) >= 11 is 5.91. The van der Waals surface area contributed by atoms with E-state index in [0.29, 0.717) is 6.61 Å². The molecule has 0 bridgehead atoms. The first kappa shape index (κ1) is 17.3. The smallest absolute Gasteiger partial charge is 0.361 e. The van der Waals surface area contributed by atoms with Gasteiger partial charge in [0.2, 0.25) is 0 Å². The van der Waals surface area contributed by atoms with Crippen LogP contribution in [0.15, 0.2) is 18.5 Å². The Balaban J connectivity index is 2.26. The van der Waals surface area contributed by atoms with Gasteiger partial charge < -0.3 is 9.30 Å². The van der Waals surface area contributed by atoms with Crippen molar-refractivity contribution < 1.29 is 17.9 Å². The van der Waals surface area contributed by atoms with Crippen LogP contribution in [0.2, 0.25) is 30.7 Å². The Morgan fingerprint density at radius 1 is 1.32 bits per heavy atom. The third-order valence-corrected chi connectivity index (χ3v) is 5.26. The normalized spacial score (nSPS) is 13.0. The molecule has 0 aromatic carbocycles. The summed E-state index contributed by atoms with van der Waals surface area (Å²) in [6, 6.07) is 2.31. The van der Waals surface area contributed by atoms with Crippen molar-refractivity contribution in [1.82, 2.24) is 9.55 Å². The first-order valence-electron chi connectivity index (χ1n) is 6.88. The van der Waals surface area contributed by atoms with Crippen molar-refractivity contribution in [2.75, 3.05) is 6.61 Å². The van der Waals surface area contributed by atoms with E-state index in [-0.39, 0.29) is 22.8 Å². The minimum absolute atomic E-state index is 0.0321. The second-order valence-electron chi connectivity index (χ2n) is 6.35. The van der Waals surface area contributed by atoms with Crippen LogP contribution >= 0.6 is 11.6 Å². The van der Waals surface area contributed by atoms with Crippen LogP contribution in [0.5, 0.6) is 0 Å². The van der Waals surface area contributed by atoms with Crippen LogP contribution in [0.3, 0.4) is 0 Å². The standard InChI is InChI=1S/C14H18ClF3N2OSi/c1-22(2,3)7-6-21-9-20-8-10(14(16,17)18)12-11(15)4-5-19-13(12)20/h4-5,8H,6-7,9H2,1-3H3. The summed E-state index contributed by atoms with van der Waals surface area (Å²) in [5.41, 5.74) is -0.595. The number of fused-ring (bicyclic) bond motifs is 1. The fourth-order valence-corrected chi connectivity index (χ4v) is 3.03. The number of hydrogen-bond donors (Lipinski definition) is 0. The van der Waals surface area contributed by atoms with E-state index in [1.54, 1.807) is 0 Å². The van der Waals surface area contributed by atoms with E-state index in [9.17, 15) is 13.2 Å². The molecule has 122 valence electrons. The third kappa shape index (κ3) is 4.02. The lowest BCUT2D eigenvalue weighted by atomic mass is 10.2. The number of rotatable bonds is 5. The number of ether oxygens (including phenoxy) is 1. The maximum Gasteiger partial charge on any atom is 0.418 e. The molecule has 2 heterocycles. The minimum atomic E-state index is -4.48. The highest BCUT2D eigenvalue weighted by Crippen LogP contribution is 2.38. The Morgan fingerprint density at radius 2 is 2.00 bits per heavy atom. The third-order valence-electron chi connectivity index (χ3n) is 3.24. The van der Waals surface area contributed by atoms with Gasteiger partial charge in [-0.1, -0.05) is 31.2 Å². The summed E-state index contributed by atoms with van der Waals surface area (Å²) in [4.78, 5) is 4.01. The molecule has 0 unspecified atom stereocenters. The van der Waals surface area contributed by atoms with Crippen molar-refractivity contribution in [2.45, 2.75) is 38.6 Å². The van der Waals surface area contributed by atoms with Crippen LogP contribution in [0, 0.1) is 0 Å². The summed E-state index contributed by atoms with van der Waals surface area (Å²) in [7, 11) is -1.23. The van der Waals surface area contributed by atoms with Gasteiger partial charge in [-0.05, 0) is 12.1 Å². The molecule has 0 saturated carbocycles. The number of nitrogens with zero attached hydrogens (tertiary/aromatic N) is 2. The molecule has 2 rings (SSSR count). The quantitative estimate of drug-likeness (QED) is 0.559. The summed E-state index contributed by atoms with van der Waals surface area (Å²) in [5, 5.41) is -0.0383. The molecule has 0 aliphatic heterocycles. The molecular weight excluding hydrogens is 333 g/mol. The molecule has 3 nitrogen and oxygen atoms in total. The molecule has 0 atom stereocenters. The summed E-state index contributed by atoms with van der Waals surface area (Å²) < 4.78 is 46.2. The molecule has 2 aromatic heterocycles. The number of alkyl halides is 3. The topological polar surface area (TPSA) is 27.1 Å². The zero-order valence-electron chi connectivity index (χ0n) is 12.7. The second kappa shape index (κ2) is 6.21. The Kier molecular flexibility index (Phi) is 4.89. The van der Waals surface area contributed by atoms with Gasteiger partial charge >= 0.3 is 6.18 Å². The molecular formula is C14H18ClF3N2OSi. The van der Waals surface area contributed by atoms with E-state index in [0.717, 1.165) is 12.2 Å². The fraction of sp³-hybridized carbons (Fsp3) is 0.500. The van der Waals surface area contributed by atoms with E-state index in [2.05, 4.69) is 24.6 Å². The van der Waals surface area contributed by atoms with E-state index in [1.807, 2.05) is 0 Å². The molecule has 0 radical (unpaired) electrons. The number of pyridine rings is 1. The molecule has 0 N–H and O–H groups in total. The largest absolute Gasteiger partial charge is 0.418 e. The van der Waals surface area contributed by atoms with E-state index in [4.69, 9.17) is 16.3 Å². The van der Waals surface area contributed by atoms with Crippen LogP contribution in [-0.4, -0.2) is 24.2 Å². The Hall–Kier alpha value is -1.05. The molecule has 0 saturated heterocycles. The van der Waals surface area contributed by atoms with Gasteiger partial charge in [-0.25, -0.2) is 4.98 Å². The molecule has 22 heavy (non-hydrogen) atoms. The zero-order valence-corrected chi connectivity index (χ0v) is 14.4. The lowest BCUT2D eigenvalue weighted by Crippen LogP contribution is -2.22. The molecule has 0 amide bonds. The van der Waals surface area contributed by atoms with Gasteiger partial charge in [-0.3, -0.25) is 0 Å². The Labute approximate surface area is 133 Å². The van der Waals surface area contributed by atoms with Crippen molar-refractivity contribution in [1.29, 1.82) is 0 Å². The highest BCUT2D eigenvalue weighted by Gasteiger charge is 2.35. The van der Waals surface area contributed by atoms with Gasteiger partial charge in [0.05, 0.1) is 10.6 Å². The summed E-state index contributed by atoms with van der Waals surface area (Å²) in [6.45, 7) is 7.20. The van der Waals surface area contributed by atoms with Crippen LogP contribution in [0.25, 0.3) is 11.0 Å². The van der Waals surface area contributed by atoms with Gasteiger partial charge in [-0.2, -0.15) is 13.2 Å². The Morgan fingerprint density at radius 3 is 2.59 bits per heavy atom. The van der Waals surface area contributed by atoms with Gasteiger partial charge in [-0.15, -0.1) is 0 Å². The summed E-state index contributed by atoms with van der Waals surface area (Å²) in [5.74, 6) is 0. The van der Waals surface area contributed by atoms with E-state index >= 15 is 0 Å². The van der Waals surface area contributed by atoms with Crippen LogP contribution < -0.4 is 0 Å². The van der Waals surface area contributed by atoms with Crippen molar-refractivity contribution >= 4 is 30.7 Å². The van der Waals surface area contributed by atoms with Crippen molar-refractivity contribution in [3.63, 3.8) is 0 Å². The predicted molar refractivity (Wildman–Crippen MR) is 83.9 cm³/mol. The van der Waals surface area contributed by atoms with Crippen LogP contribution in [0.4, 0.5) is 13.2 Å². The maximum atomic E-state index is 13.1.